The van der Waals surface area contributed by atoms with Crippen LogP contribution < -0.4 is 0 Å². The van der Waals surface area contributed by atoms with Crippen LogP contribution in [0.2, 0.25) is 0 Å². The minimum absolute atomic E-state index is 0.0211. The molecule has 0 saturated carbocycles. The van der Waals surface area contributed by atoms with E-state index in [0.29, 0.717) is 18.7 Å². The summed E-state index contributed by atoms with van der Waals surface area (Å²) in [7, 11) is 0. The summed E-state index contributed by atoms with van der Waals surface area (Å²) in [5.41, 5.74) is 1.46. The van der Waals surface area contributed by atoms with Crippen molar-refractivity contribution in [1.82, 2.24) is 14.8 Å². The minimum Gasteiger partial charge on any atom is -0.338 e. The van der Waals surface area contributed by atoms with E-state index in [4.69, 9.17) is 0 Å². The number of nitrogens with zero attached hydrogens (tertiary/aromatic N) is 3. The molecule has 0 radical (unpaired) electrons. The molecule has 1 aliphatic rings. The minimum atomic E-state index is -0.408. The van der Waals surface area contributed by atoms with Crippen molar-refractivity contribution in [3.05, 3.63) is 59.9 Å². The molecule has 0 aliphatic carbocycles. The second-order valence-electron chi connectivity index (χ2n) is 9.04. The van der Waals surface area contributed by atoms with Crippen LogP contribution in [0.25, 0.3) is 0 Å². The number of pyridine rings is 1. The Balaban J connectivity index is 1.64. The summed E-state index contributed by atoms with van der Waals surface area (Å²) in [5.74, 6) is 1.02. The number of benzene rings is 1. The van der Waals surface area contributed by atoms with Gasteiger partial charge < -0.3 is 9.80 Å². The Morgan fingerprint density at radius 3 is 2.23 bits per heavy atom. The van der Waals surface area contributed by atoms with Gasteiger partial charge in [0.15, 0.2) is 0 Å². The van der Waals surface area contributed by atoms with Crippen molar-refractivity contribution in [3.8, 4) is 0 Å². The third-order valence-electron chi connectivity index (χ3n) is 5.31. The number of thioether (sulfide) groups is 1. The molecule has 1 aliphatic heterocycles. The fourth-order valence-corrected chi connectivity index (χ4v) is 4.69. The Hall–Kier alpha value is -2.34. The molecule has 1 aromatic carbocycles. The van der Waals surface area contributed by atoms with Crippen LogP contribution in [-0.2, 0) is 10.5 Å². The summed E-state index contributed by atoms with van der Waals surface area (Å²) in [6.45, 7) is 11.0. The Labute approximate surface area is 183 Å². The maximum atomic E-state index is 13.2. The molecule has 5 nitrogen and oxygen atoms in total. The highest BCUT2D eigenvalue weighted by molar-refractivity contribution is 7.98. The molecule has 1 fully saturated rings. The summed E-state index contributed by atoms with van der Waals surface area (Å²) < 4.78 is 0. The molecule has 0 N–H and O–H groups in total. The number of carbonyl (C=O) groups excluding carboxylic acids is 2. The molecule has 6 heteroatoms. The van der Waals surface area contributed by atoms with Crippen molar-refractivity contribution >= 4 is 23.6 Å². The Kier molecular flexibility index (Phi) is 6.86. The predicted molar refractivity (Wildman–Crippen MR) is 121 cm³/mol. The zero-order valence-corrected chi connectivity index (χ0v) is 19.3. The number of hydrogen-bond acceptors (Lipinski definition) is 4. The molecule has 1 aromatic heterocycles. The van der Waals surface area contributed by atoms with Crippen molar-refractivity contribution < 1.29 is 9.59 Å². The quantitative estimate of drug-likeness (QED) is 0.678. The first-order valence-electron chi connectivity index (χ1n) is 10.4. The van der Waals surface area contributed by atoms with E-state index in [1.54, 1.807) is 18.0 Å². The van der Waals surface area contributed by atoms with Gasteiger partial charge in [-0.25, -0.2) is 0 Å². The zero-order chi connectivity index (χ0) is 21.9. The lowest BCUT2D eigenvalue weighted by molar-refractivity contribution is -0.143. The van der Waals surface area contributed by atoms with Crippen molar-refractivity contribution in [2.24, 2.45) is 5.41 Å². The third kappa shape index (κ3) is 5.22. The largest absolute Gasteiger partial charge is 0.338 e. The molecule has 0 unspecified atom stereocenters. The van der Waals surface area contributed by atoms with Gasteiger partial charge >= 0.3 is 0 Å². The monoisotopic (exact) mass is 425 g/mol. The van der Waals surface area contributed by atoms with Crippen LogP contribution in [-0.4, -0.2) is 51.8 Å². The molecule has 0 bridgehead atoms. The van der Waals surface area contributed by atoms with Gasteiger partial charge in [-0.15, -0.1) is 11.8 Å². The number of aromatic nitrogens is 1. The topological polar surface area (TPSA) is 53.5 Å². The first-order chi connectivity index (χ1) is 14.2. The van der Waals surface area contributed by atoms with Gasteiger partial charge in [0.25, 0.3) is 5.91 Å². The third-order valence-corrected chi connectivity index (χ3v) is 6.40. The van der Waals surface area contributed by atoms with E-state index >= 15 is 0 Å². The molecule has 1 saturated heterocycles. The maximum absolute atomic E-state index is 13.2. The summed E-state index contributed by atoms with van der Waals surface area (Å²) in [4.78, 5) is 35.0. The predicted octanol–water partition coefficient (Wildman–Crippen LogP) is 4.48. The zero-order valence-electron chi connectivity index (χ0n) is 18.5. The highest BCUT2D eigenvalue weighted by Gasteiger charge is 2.38. The maximum Gasteiger partial charge on any atom is 0.254 e. The van der Waals surface area contributed by atoms with E-state index < -0.39 is 5.41 Å². The fraction of sp³-hybridized carbons (Fsp3) is 0.458. The van der Waals surface area contributed by atoms with Crippen LogP contribution in [0.3, 0.4) is 0 Å². The smallest absolute Gasteiger partial charge is 0.254 e. The van der Waals surface area contributed by atoms with Gasteiger partial charge in [0, 0.05) is 59.2 Å². The Morgan fingerprint density at radius 2 is 1.70 bits per heavy atom. The first kappa shape index (κ1) is 22.3. The van der Waals surface area contributed by atoms with Crippen LogP contribution in [0.5, 0.6) is 0 Å². The van der Waals surface area contributed by atoms with Crippen molar-refractivity contribution in [2.45, 2.75) is 57.4 Å². The van der Waals surface area contributed by atoms with Crippen LogP contribution in [0.15, 0.2) is 53.7 Å². The molecular formula is C24H31N3O2S. The molecule has 2 amide bonds. The van der Waals surface area contributed by atoms with Crippen LogP contribution in [0.4, 0.5) is 0 Å². The van der Waals surface area contributed by atoms with E-state index in [0.717, 1.165) is 10.6 Å². The lowest BCUT2D eigenvalue weighted by atomic mass is 9.93. The summed E-state index contributed by atoms with van der Waals surface area (Å²) in [6, 6.07) is 11.8. The molecule has 30 heavy (non-hydrogen) atoms. The normalized spacial score (nSPS) is 19.6. The van der Waals surface area contributed by atoms with Crippen molar-refractivity contribution in [1.29, 1.82) is 0 Å². The molecule has 0 spiro atoms. The highest BCUT2D eigenvalue weighted by Crippen LogP contribution is 2.26. The highest BCUT2D eigenvalue weighted by atomic mass is 32.2. The summed E-state index contributed by atoms with van der Waals surface area (Å²) in [6.07, 6.45) is 3.65. The van der Waals surface area contributed by atoms with Gasteiger partial charge in [-0.1, -0.05) is 26.8 Å². The van der Waals surface area contributed by atoms with Gasteiger partial charge in [0.2, 0.25) is 5.91 Å². The number of carbonyl (C=O) groups is 2. The van der Waals surface area contributed by atoms with Gasteiger partial charge in [0.05, 0.1) is 0 Å². The van der Waals surface area contributed by atoms with Crippen LogP contribution >= 0.6 is 11.8 Å². The first-order valence-corrected chi connectivity index (χ1v) is 11.4. The second-order valence-corrected chi connectivity index (χ2v) is 10.1. The van der Waals surface area contributed by atoms with Gasteiger partial charge in [-0.2, -0.15) is 0 Å². The van der Waals surface area contributed by atoms with Crippen molar-refractivity contribution in [2.75, 3.05) is 13.1 Å². The van der Waals surface area contributed by atoms with Gasteiger partial charge in [0.1, 0.15) is 0 Å². The van der Waals surface area contributed by atoms with Crippen molar-refractivity contribution in [3.63, 3.8) is 0 Å². The lowest BCUT2D eigenvalue weighted by Crippen LogP contribution is -2.61. The van der Waals surface area contributed by atoms with E-state index in [1.165, 1.54) is 5.56 Å². The Bertz CT molecular complexity index is 866. The van der Waals surface area contributed by atoms with Gasteiger partial charge in [-0.05, 0) is 49.7 Å². The standard InChI is InChI=1S/C24H31N3O2S/c1-17-14-26(23(29)24(3,4)5)15-18(2)27(17)22(28)20-8-10-21(11-9-20)30-16-19-7-6-12-25-13-19/h6-13,17-18H,14-16H2,1-5H3/t17-,18+. The summed E-state index contributed by atoms with van der Waals surface area (Å²) >= 11 is 1.73. The molecule has 3 rings (SSSR count). The molecule has 2 aromatic rings. The van der Waals surface area contributed by atoms with E-state index in [2.05, 4.69) is 11.1 Å². The number of amides is 2. The van der Waals surface area contributed by atoms with E-state index in [1.807, 2.05) is 80.9 Å². The fourth-order valence-electron chi connectivity index (χ4n) is 3.86. The number of piperazine rings is 1. The van der Waals surface area contributed by atoms with Crippen LogP contribution in [0.1, 0.15) is 50.5 Å². The lowest BCUT2D eigenvalue weighted by Gasteiger charge is -2.46. The van der Waals surface area contributed by atoms with E-state index in [9.17, 15) is 9.59 Å². The van der Waals surface area contributed by atoms with Crippen LogP contribution in [0, 0.1) is 5.41 Å². The van der Waals surface area contributed by atoms with Gasteiger partial charge in [-0.3, -0.25) is 14.6 Å². The number of hydrogen-bond donors (Lipinski definition) is 0. The summed E-state index contributed by atoms with van der Waals surface area (Å²) in [5, 5.41) is 0. The molecule has 2 atom stereocenters. The molecule has 2 heterocycles. The average Bonchev–Trinajstić information content (AvgIpc) is 2.71. The molecular weight excluding hydrogens is 394 g/mol. The Morgan fingerprint density at radius 1 is 1.07 bits per heavy atom. The number of rotatable bonds is 4. The average molecular weight is 426 g/mol. The SMILES string of the molecule is C[C@@H]1CN(C(=O)C(C)(C)C)C[C@H](C)N1C(=O)c1ccc(SCc2cccnc2)cc1. The van der Waals surface area contributed by atoms with E-state index in [-0.39, 0.29) is 23.9 Å². The molecule has 160 valence electrons. The second kappa shape index (κ2) is 9.21.